The molecule has 0 radical (unpaired) electrons. The van der Waals surface area contributed by atoms with E-state index in [2.05, 4.69) is 11.4 Å². The number of nitrogens with zero attached hydrogens (tertiary/aromatic N) is 1. The van der Waals surface area contributed by atoms with Gasteiger partial charge in [0.1, 0.15) is 23.4 Å². The first-order valence-electron chi connectivity index (χ1n) is 8.32. The number of para-hydroxylation sites is 1. The summed E-state index contributed by atoms with van der Waals surface area (Å²) in [6.07, 6.45) is 4.93. The Labute approximate surface area is 145 Å². The number of hydrogen-bond acceptors (Lipinski definition) is 4. The maximum absolute atomic E-state index is 12.7. The molecular formula is C19H18N2O2S. The van der Waals surface area contributed by atoms with Crippen molar-refractivity contribution in [3.8, 4) is 11.8 Å². The molecule has 1 aromatic carbocycles. The molecule has 5 heteroatoms. The van der Waals surface area contributed by atoms with Gasteiger partial charge in [0.05, 0.1) is 11.5 Å². The molecule has 1 aliphatic carbocycles. The number of thiophene rings is 1. The number of carbonyl (C=O) groups excluding carboxylic acids is 1. The smallest absolute Gasteiger partial charge is 0.231 e. The van der Waals surface area contributed by atoms with E-state index in [1.807, 2.05) is 24.3 Å². The normalized spacial score (nSPS) is 18.7. The summed E-state index contributed by atoms with van der Waals surface area (Å²) in [6.45, 7) is 0.385. The van der Waals surface area contributed by atoms with Gasteiger partial charge in [-0.25, -0.2) is 0 Å². The van der Waals surface area contributed by atoms with Crippen molar-refractivity contribution in [2.24, 2.45) is 5.92 Å². The second kappa shape index (κ2) is 6.29. The number of hydrogen-bond donors (Lipinski definition) is 1. The third-order valence-corrected chi connectivity index (χ3v) is 5.98. The van der Waals surface area contributed by atoms with Crippen LogP contribution < -0.4 is 10.1 Å². The van der Waals surface area contributed by atoms with Crippen LogP contribution >= 0.6 is 11.3 Å². The highest BCUT2D eigenvalue weighted by molar-refractivity contribution is 7.16. The van der Waals surface area contributed by atoms with Crippen LogP contribution in [0.3, 0.4) is 0 Å². The van der Waals surface area contributed by atoms with Gasteiger partial charge in [-0.2, -0.15) is 5.26 Å². The van der Waals surface area contributed by atoms with Gasteiger partial charge in [0, 0.05) is 4.88 Å². The average molecular weight is 338 g/mol. The molecule has 2 heterocycles. The van der Waals surface area contributed by atoms with Crippen LogP contribution in [0.4, 0.5) is 5.00 Å². The number of nitriles is 1. The SMILES string of the molecule is N#Cc1c(NC(=O)[C@@H]2COc3ccccc3C2)sc2c1CCCC2. The van der Waals surface area contributed by atoms with Crippen LogP contribution in [-0.4, -0.2) is 12.5 Å². The molecule has 4 rings (SSSR count). The van der Waals surface area contributed by atoms with Gasteiger partial charge in [-0.3, -0.25) is 4.79 Å². The molecular weight excluding hydrogens is 320 g/mol. The fourth-order valence-corrected chi connectivity index (χ4v) is 4.73. The number of carbonyl (C=O) groups is 1. The molecule has 1 aliphatic heterocycles. The summed E-state index contributed by atoms with van der Waals surface area (Å²) in [5.41, 5.74) is 2.88. The molecule has 122 valence electrons. The van der Waals surface area contributed by atoms with Gasteiger partial charge in [-0.05, 0) is 49.3 Å². The highest BCUT2D eigenvalue weighted by Gasteiger charge is 2.28. The van der Waals surface area contributed by atoms with E-state index in [1.54, 1.807) is 11.3 Å². The molecule has 1 aromatic heterocycles. The fourth-order valence-electron chi connectivity index (χ4n) is 3.48. The summed E-state index contributed by atoms with van der Waals surface area (Å²) in [7, 11) is 0. The first kappa shape index (κ1) is 15.2. The lowest BCUT2D eigenvalue weighted by molar-refractivity contribution is -0.121. The van der Waals surface area contributed by atoms with Crippen LogP contribution in [-0.2, 0) is 24.1 Å². The number of fused-ring (bicyclic) bond motifs is 2. The van der Waals surface area contributed by atoms with E-state index in [0.717, 1.165) is 36.1 Å². The van der Waals surface area contributed by atoms with E-state index in [4.69, 9.17) is 4.74 Å². The fraction of sp³-hybridized carbons (Fsp3) is 0.368. The molecule has 0 spiro atoms. The minimum absolute atomic E-state index is 0.0559. The van der Waals surface area contributed by atoms with Crippen molar-refractivity contribution in [2.75, 3.05) is 11.9 Å². The number of aryl methyl sites for hydroxylation is 1. The van der Waals surface area contributed by atoms with Gasteiger partial charge in [0.15, 0.2) is 0 Å². The molecule has 1 N–H and O–H groups in total. The number of ether oxygens (including phenoxy) is 1. The molecule has 1 amide bonds. The Balaban J connectivity index is 1.53. The van der Waals surface area contributed by atoms with Crippen molar-refractivity contribution < 1.29 is 9.53 Å². The van der Waals surface area contributed by atoms with E-state index in [9.17, 15) is 10.1 Å². The Morgan fingerprint density at radius 3 is 3.00 bits per heavy atom. The largest absolute Gasteiger partial charge is 0.492 e. The van der Waals surface area contributed by atoms with Crippen molar-refractivity contribution in [3.05, 3.63) is 45.8 Å². The molecule has 2 aliphatic rings. The van der Waals surface area contributed by atoms with Crippen LogP contribution in [0.2, 0.25) is 0 Å². The van der Waals surface area contributed by atoms with Gasteiger partial charge in [0.2, 0.25) is 5.91 Å². The lowest BCUT2D eigenvalue weighted by Crippen LogP contribution is -2.32. The minimum atomic E-state index is -0.217. The van der Waals surface area contributed by atoms with E-state index in [0.29, 0.717) is 23.6 Å². The Morgan fingerprint density at radius 2 is 2.12 bits per heavy atom. The van der Waals surface area contributed by atoms with E-state index in [1.165, 1.54) is 11.3 Å². The topological polar surface area (TPSA) is 62.1 Å². The molecule has 0 fully saturated rings. The Bertz CT molecular complexity index is 834. The van der Waals surface area contributed by atoms with Crippen molar-refractivity contribution >= 4 is 22.2 Å². The number of anilines is 1. The molecule has 0 saturated carbocycles. The monoisotopic (exact) mass is 338 g/mol. The average Bonchev–Trinajstić information content (AvgIpc) is 2.98. The summed E-state index contributed by atoms with van der Waals surface area (Å²) >= 11 is 1.57. The van der Waals surface area contributed by atoms with Gasteiger partial charge >= 0.3 is 0 Å². The molecule has 4 nitrogen and oxygen atoms in total. The van der Waals surface area contributed by atoms with Gasteiger partial charge in [-0.1, -0.05) is 18.2 Å². The minimum Gasteiger partial charge on any atom is -0.492 e. The zero-order chi connectivity index (χ0) is 16.5. The van der Waals surface area contributed by atoms with Crippen molar-refractivity contribution in [1.82, 2.24) is 0 Å². The van der Waals surface area contributed by atoms with E-state index >= 15 is 0 Å². The van der Waals surface area contributed by atoms with Crippen LogP contribution in [0.5, 0.6) is 5.75 Å². The van der Waals surface area contributed by atoms with Gasteiger partial charge in [-0.15, -0.1) is 11.3 Å². The summed E-state index contributed by atoms with van der Waals surface area (Å²) in [4.78, 5) is 13.9. The quantitative estimate of drug-likeness (QED) is 0.908. The molecule has 0 bridgehead atoms. The maximum atomic E-state index is 12.7. The molecule has 1 atom stereocenters. The number of benzene rings is 1. The zero-order valence-electron chi connectivity index (χ0n) is 13.3. The number of rotatable bonds is 2. The highest BCUT2D eigenvalue weighted by atomic mass is 32.1. The van der Waals surface area contributed by atoms with Gasteiger partial charge < -0.3 is 10.1 Å². The van der Waals surface area contributed by atoms with Crippen LogP contribution in [0.25, 0.3) is 0 Å². The predicted molar refractivity (Wildman–Crippen MR) is 93.4 cm³/mol. The third-order valence-electron chi connectivity index (χ3n) is 4.77. The molecule has 24 heavy (non-hydrogen) atoms. The van der Waals surface area contributed by atoms with Crippen LogP contribution in [0, 0.1) is 17.2 Å². The van der Waals surface area contributed by atoms with Crippen molar-refractivity contribution in [3.63, 3.8) is 0 Å². The van der Waals surface area contributed by atoms with Crippen molar-refractivity contribution in [1.29, 1.82) is 5.26 Å². The molecule has 0 saturated heterocycles. The summed E-state index contributed by atoms with van der Waals surface area (Å²) < 4.78 is 5.71. The lowest BCUT2D eigenvalue weighted by Gasteiger charge is -2.24. The Hall–Kier alpha value is -2.32. The maximum Gasteiger partial charge on any atom is 0.231 e. The van der Waals surface area contributed by atoms with Crippen LogP contribution in [0.15, 0.2) is 24.3 Å². The van der Waals surface area contributed by atoms with Gasteiger partial charge in [0.25, 0.3) is 0 Å². The first-order valence-corrected chi connectivity index (χ1v) is 9.14. The Kier molecular flexibility index (Phi) is 3.99. The standard InChI is InChI=1S/C19H18N2O2S/c20-10-15-14-6-2-4-8-17(14)24-19(15)21-18(22)13-9-12-5-1-3-7-16(12)23-11-13/h1,3,5,7,13H,2,4,6,8-9,11H2,(H,21,22)/t13-/m0/s1. The first-order chi connectivity index (χ1) is 11.8. The second-order valence-corrected chi connectivity index (χ2v) is 7.44. The summed E-state index contributed by atoms with van der Waals surface area (Å²) in [5, 5.41) is 13.2. The van der Waals surface area contributed by atoms with E-state index < -0.39 is 0 Å². The number of nitrogens with one attached hydrogen (secondary N) is 1. The third kappa shape index (κ3) is 2.67. The second-order valence-electron chi connectivity index (χ2n) is 6.34. The predicted octanol–water partition coefficient (Wildman–Crippen LogP) is 3.69. The highest BCUT2D eigenvalue weighted by Crippen LogP contribution is 2.38. The van der Waals surface area contributed by atoms with Crippen molar-refractivity contribution in [2.45, 2.75) is 32.1 Å². The summed E-state index contributed by atoms with van der Waals surface area (Å²) in [6, 6.07) is 10.1. The number of amides is 1. The summed E-state index contributed by atoms with van der Waals surface area (Å²) in [5.74, 6) is 0.594. The Morgan fingerprint density at radius 1 is 1.29 bits per heavy atom. The van der Waals surface area contributed by atoms with Crippen LogP contribution in [0.1, 0.15) is 34.4 Å². The zero-order valence-corrected chi connectivity index (χ0v) is 14.1. The molecule has 0 unspecified atom stereocenters. The lowest BCUT2D eigenvalue weighted by atomic mass is 9.95. The molecule has 2 aromatic rings. The van der Waals surface area contributed by atoms with E-state index in [-0.39, 0.29) is 11.8 Å².